The molecule has 0 aromatic heterocycles. The number of nitrogens with two attached hydrogens (primary N) is 1. The molecular formula is C18H28N2O2. The fourth-order valence-electron chi connectivity index (χ4n) is 3.06. The van der Waals surface area contributed by atoms with Gasteiger partial charge in [0.05, 0.1) is 12.0 Å². The van der Waals surface area contributed by atoms with Gasteiger partial charge in [-0.25, -0.2) is 0 Å². The fourth-order valence-corrected chi connectivity index (χ4v) is 3.06. The first-order valence-electron chi connectivity index (χ1n) is 8.20. The smallest absolute Gasteiger partial charge is 0.225 e. The van der Waals surface area contributed by atoms with Gasteiger partial charge in [0, 0.05) is 12.1 Å². The number of nitrogens with one attached hydrogen (secondary N) is 1. The number of ether oxygens (including phenoxy) is 1. The first kappa shape index (κ1) is 16.8. The molecule has 122 valence electrons. The summed E-state index contributed by atoms with van der Waals surface area (Å²) in [5.74, 6) is 0.851. The molecule has 2 atom stereocenters. The summed E-state index contributed by atoms with van der Waals surface area (Å²) < 4.78 is 5.61. The van der Waals surface area contributed by atoms with Crippen LogP contribution in [0.25, 0.3) is 0 Å². The minimum atomic E-state index is -0.378. The average Bonchev–Trinajstić information content (AvgIpc) is 2.45. The topological polar surface area (TPSA) is 64.3 Å². The Morgan fingerprint density at radius 3 is 2.64 bits per heavy atom. The van der Waals surface area contributed by atoms with E-state index >= 15 is 0 Å². The number of benzene rings is 1. The molecule has 0 heterocycles. The molecule has 4 nitrogen and oxygen atoms in total. The standard InChI is InChI=1S/C18H28N2O2/c1-13(2)22-15-9-7-14(8-10-15)12-20-17(21)16-6-4-5-11-18(16,3)19/h7-10,13,16H,4-6,11-12,19H2,1-3H3,(H,20,21). The molecule has 1 fully saturated rings. The van der Waals surface area contributed by atoms with Crippen LogP contribution in [-0.2, 0) is 11.3 Å². The maximum absolute atomic E-state index is 12.4. The average molecular weight is 304 g/mol. The molecule has 1 aromatic rings. The Morgan fingerprint density at radius 1 is 1.36 bits per heavy atom. The Bertz CT molecular complexity index is 494. The van der Waals surface area contributed by atoms with E-state index in [1.807, 2.05) is 45.0 Å². The van der Waals surface area contributed by atoms with Crippen LogP contribution in [0.1, 0.15) is 52.0 Å². The van der Waals surface area contributed by atoms with E-state index < -0.39 is 0 Å². The first-order chi connectivity index (χ1) is 10.4. The SMILES string of the molecule is CC(C)Oc1ccc(CNC(=O)C2CCCCC2(C)N)cc1. The van der Waals surface area contributed by atoms with Gasteiger partial charge in [-0.2, -0.15) is 0 Å². The Morgan fingerprint density at radius 2 is 2.05 bits per heavy atom. The second-order valence-electron chi connectivity index (χ2n) is 6.83. The molecular weight excluding hydrogens is 276 g/mol. The predicted octanol–water partition coefficient (Wildman–Crippen LogP) is 3.00. The van der Waals surface area contributed by atoms with Crippen molar-refractivity contribution in [2.45, 2.75) is 64.6 Å². The van der Waals surface area contributed by atoms with Crippen LogP contribution in [0.3, 0.4) is 0 Å². The van der Waals surface area contributed by atoms with Gasteiger partial charge < -0.3 is 15.8 Å². The maximum atomic E-state index is 12.4. The Kier molecular flexibility index (Phi) is 5.46. The summed E-state index contributed by atoms with van der Waals surface area (Å²) >= 11 is 0. The van der Waals surface area contributed by atoms with Crippen molar-refractivity contribution in [1.29, 1.82) is 0 Å². The zero-order valence-corrected chi connectivity index (χ0v) is 13.9. The van der Waals surface area contributed by atoms with E-state index in [4.69, 9.17) is 10.5 Å². The van der Waals surface area contributed by atoms with Crippen LogP contribution in [-0.4, -0.2) is 17.6 Å². The van der Waals surface area contributed by atoms with Gasteiger partial charge in [0.25, 0.3) is 0 Å². The number of carbonyl (C=O) groups is 1. The van der Waals surface area contributed by atoms with E-state index in [0.29, 0.717) is 6.54 Å². The maximum Gasteiger partial charge on any atom is 0.225 e. The van der Waals surface area contributed by atoms with Gasteiger partial charge in [-0.05, 0) is 51.3 Å². The van der Waals surface area contributed by atoms with Crippen molar-refractivity contribution >= 4 is 5.91 Å². The first-order valence-corrected chi connectivity index (χ1v) is 8.20. The number of hydrogen-bond acceptors (Lipinski definition) is 3. The molecule has 1 saturated carbocycles. The van der Waals surface area contributed by atoms with Crippen molar-refractivity contribution in [3.05, 3.63) is 29.8 Å². The summed E-state index contributed by atoms with van der Waals surface area (Å²) in [6.07, 6.45) is 4.19. The molecule has 0 aliphatic heterocycles. The van der Waals surface area contributed by atoms with E-state index in [1.165, 1.54) is 0 Å². The fraction of sp³-hybridized carbons (Fsp3) is 0.611. The molecule has 0 saturated heterocycles. The monoisotopic (exact) mass is 304 g/mol. The highest BCUT2D eigenvalue weighted by Gasteiger charge is 2.37. The van der Waals surface area contributed by atoms with Crippen LogP contribution in [0.5, 0.6) is 5.75 Å². The lowest BCUT2D eigenvalue weighted by atomic mass is 9.74. The Labute approximate surface area is 133 Å². The molecule has 22 heavy (non-hydrogen) atoms. The van der Waals surface area contributed by atoms with Gasteiger partial charge >= 0.3 is 0 Å². The van der Waals surface area contributed by atoms with Gasteiger partial charge in [0.2, 0.25) is 5.91 Å². The molecule has 1 aliphatic rings. The molecule has 0 radical (unpaired) electrons. The largest absolute Gasteiger partial charge is 0.491 e. The highest BCUT2D eigenvalue weighted by atomic mass is 16.5. The van der Waals surface area contributed by atoms with Crippen LogP contribution >= 0.6 is 0 Å². The normalized spacial score (nSPS) is 25.0. The second kappa shape index (κ2) is 7.14. The number of rotatable bonds is 5. The van der Waals surface area contributed by atoms with Crippen LogP contribution in [0.2, 0.25) is 0 Å². The third-order valence-electron chi connectivity index (χ3n) is 4.33. The quantitative estimate of drug-likeness (QED) is 0.879. The summed E-state index contributed by atoms with van der Waals surface area (Å²) in [6, 6.07) is 7.85. The Balaban J connectivity index is 1.88. The number of amides is 1. The van der Waals surface area contributed by atoms with Crippen molar-refractivity contribution in [2.24, 2.45) is 11.7 Å². The number of hydrogen-bond donors (Lipinski definition) is 2. The number of carbonyl (C=O) groups excluding carboxylic acids is 1. The Hall–Kier alpha value is -1.55. The van der Waals surface area contributed by atoms with Crippen molar-refractivity contribution < 1.29 is 9.53 Å². The van der Waals surface area contributed by atoms with Crippen LogP contribution in [0.4, 0.5) is 0 Å². The zero-order chi connectivity index (χ0) is 16.2. The predicted molar refractivity (Wildman–Crippen MR) is 88.6 cm³/mol. The summed E-state index contributed by atoms with van der Waals surface area (Å²) in [5, 5.41) is 3.02. The van der Waals surface area contributed by atoms with Crippen molar-refractivity contribution in [1.82, 2.24) is 5.32 Å². The van der Waals surface area contributed by atoms with E-state index in [1.54, 1.807) is 0 Å². The van der Waals surface area contributed by atoms with Crippen molar-refractivity contribution in [3.8, 4) is 5.75 Å². The van der Waals surface area contributed by atoms with Gasteiger partial charge in [0.1, 0.15) is 5.75 Å². The van der Waals surface area contributed by atoms with Gasteiger partial charge in [0.15, 0.2) is 0 Å². The summed E-state index contributed by atoms with van der Waals surface area (Å²) in [4.78, 5) is 12.4. The summed E-state index contributed by atoms with van der Waals surface area (Å²) in [7, 11) is 0. The third kappa shape index (κ3) is 4.47. The minimum absolute atomic E-state index is 0.0761. The highest BCUT2D eigenvalue weighted by Crippen LogP contribution is 2.31. The lowest BCUT2D eigenvalue weighted by molar-refractivity contribution is -0.128. The molecule has 1 aliphatic carbocycles. The van der Waals surface area contributed by atoms with Crippen molar-refractivity contribution in [2.75, 3.05) is 0 Å². The molecule has 2 unspecified atom stereocenters. The summed E-state index contributed by atoms with van der Waals surface area (Å²) in [6.45, 7) is 6.53. The summed E-state index contributed by atoms with van der Waals surface area (Å²) in [5.41, 5.74) is 6.97. The van der Waals surface area contributed by atoms with Crippen LogP contribution < -0.4 is 15.8 Å². The molecule has 1 amide bonds. The van der Waals surface area contributed by atoms with E-state index in [2.05, 4.69) is 5.32 Å². The lowest BCUT2D eigenvalue weighted by Crippen LogP contribution is -2.52. The minimum Gasteiger partial charge on any atom is -0.491 e. The van der Waals surface area contributed by atoms with E-state index in [9.17, 15) is 4.79 Å². The second-order valence-corrected chi connectivity index (χ2v) is 6.83. The zero-order valence-electron chi connectivity index (χ0n) is 13.9. The third-order valence-corrected chi connectivity index (χ3v) is 4.33. The highest BCUT2D eigenvalue weighted by molar-refractivity contribution is 5.80. The lowest BCUT2D eigenvalue weighted by Gasteiger charge is -2.37. The molecule has 4 heteroatoms. The van der Waals surface area contributed by atoms with Gasteiger partial charge in [-0.15, -0.1) is 0 Å². The molecule has 1 aromatic carbocycles. The van der Waals surface area contributed by atoms with Gasteiger partial charge in [-0.1, -0.05) is 25.0 Å². The molecule has 0 spiro atoms. The van der Waals surface area contributed by atoms with Crippen molar-refractivity contribution in [3.63, 3.8) is 0 Å². The molecule has 3 N–H and O–H groups in total. The van der Waals surface area contributed by atoms with Gasteiger partial charge in [-0.3, -0.25) is 4.79 Å². The van der Waals surface area contributed by atoms with Crippen LogP contribution in [0, 0.1) is 5.92 Å². The van der Waals surface area contributed by atoms with Crippen LogP contribution in [0.15, 0.2) is 24.3 Å². The van der Waals surface area contributed by atoms with E-state index in [0.717, 1.165) is 37.0 Å². The molecule has 2 rings (SSSR count). The molecule has 0 bridgehead atoms. The van der Waals surface area contributed by atoms with E-state index in [-0.39, 0.29) is 23.5 Å².